The zero-order chi connectivity index (χ0) is 20.8. The summed E-state index contributed by atoms with van der Waals surface area (Å²) in [4.78, 5) is 24.3. The van der Waals surface area contributed by atoms with Crippen molar-refractivity contribution >= 4 is 22.8 Å². The lowest BCUT2D eigenvalue weighted by Gasteiger charge is -2.10. The molecule has 1 aromatic heterocycles. The molecule has 152 valence electrons. The predicted molar refractivity (Wildman–Crippen MR) is 115 cm³/mol. The van der Waals surface area contributed by atoms with Crippen molar-refractivity contribution in [1.82, 2.24) is 10.6 Å². The number of rotatable bonds is 8. The summed E-state index contributed by atoms with van der Waals surface area (Å²) in [5.41, 5.74) is 5.17. The van der Waals surface area contributed by atoms with Gasteiger partial charge in [-0.2, -0.15) is 0 Å². The third-order valence-electron chi connectivity index (χ3n) is 5.02. The summed E-state index contributed by atoms with van der Waals surface area (Å²) >= 11 is 0. The van der Waals surface area contributed by atoms with Gasteiger partial charge in [0.1, 0.15) is 5.58 Å². The summed E-state index contributed by atoms with van der Waals surface area (Å²) in [6, 6.07) is 13.9. The lowest BCUT2D eigenvalue weighted by Crippen LogP contribution is -2.31. The lowest BCUT2D eigenvalue weighted by atomic mass is 9.95. The maximum Gasteiger partial charge on any atom is 0.224 e. The van der Waals surface area contributed by atoms with E-state index in [2.05, 4.69) is 37.5 Å². The van der Waals surface area contributed by atoms with E-state index in [4.69, 9.17) is 4.42 Å². The van der Waals surface area contributed by atoms with Crippen LogP contribution in [0.15, 0.2) is 53.1 Å². The molecule has 1 heterocycles. The molecule has 0 radical (unpaired) electrons. The van der Waals surface area contributed by atoms with Gasteiger partial charge in [0.15, 0.2) is 0 Å². The molecule has 0 bridgehead atoms. The highest BCUT2D eigenvalue weighted by Gasteiger charge is 2.14. The summed E-state index contributed by atoms with van der Waals surface area (Å²) in [6.07, 6.45) is 2.14. The number of fused-ring (bicyclic) bond motifs is 1. The van der Waals surface area contributed by atoms with Crippen LogP contribution in [0.2, 0.25) is 0 Å². The van der Waals surface area contributed by atoms with E-state index in [-0.39, 0.29) is 24.7 Å². The Hall–Kier alpha value is -3.08. The van der Waals surface area contributed by atoms with Crippen molar-refractivity contribution in [1.29, 1.82) is 0 Å². The molecule has 0 saturated heterocycles. The predicted octanol–water partition coefficient (Wildman–Crippen LogP) is 4.23. The van der Waals surface area contributed by atoms with Crippen molar-refractivity contribution in [3.63, 3.8) is 0 Å². The van der Waals surface area contributed by atoms with E-state index in [9.17, 15) is 9.59 Å². The van der Waals surface area contributed by atoms with Crippen LogP contribution in [0, 0.1) is 6.92 Å². The monoisotopic (exact) mass is 392 g/mol. The van der Waals surface area contributed by atoms with Gasteiger partial charge >= 0.3 is 0 Å². The molecule has 3 aromatic rings. The van der Waals surface area contributed by atoms with Crippen LogP contribution in [0.5, 0.6) is 0 Å². The maximum absolute atomic E-state index is 12.3. The Morgan fingerprint density at radius 2 is 1.79 bits per heavy atom. The lowest BCUT2D eigenvalue weighted by molar-refractivity contribution is -0.122. The second-order valence-corrected chi connectivity index (χ2v) is 7.66. The zero-order valence-electron chi connectivity index (χ0n) is 17.2. The molecular weight excluding hydrogens is 364 g/mol. The fraction of sp³-hybridized carbons (Fsp3) is 0.333. The largest absolute Gasteiger partial charge is 0.464 e. The molecule has 2 N–H and O–H groups in total. The Bertz CT molecular complexity index is 990. The van der Waals surface area contributed by atoms with Gasteiger partial charge in [-0.1, -0.05) is 44.2 Å². The van der Waals surface area contributed by atoms with Gasteiger partial charge in [-0.15, -0.1) is 0 Å². The van der Waals surface area contributed by atoms with Crippen LogP contribution in [0.1, 0.15) is 48.4 Å². The minimum absolute atomic E-state index is 0.0834. The van der Waals surface area contributed by atoms with E-state index in [1.54, 1.807) is 6.26 Å². The highest BCUT2D eigenvalue weighted by Crippen LogP contribution is 2.29. The van der Waals surface area contributed by atoms with Crippen molar-refractivity contribution in [2.45, 2.75) is 46.1 Å². The number of amides is 2. The van der Waals surface area contributed by atoms with Crippen molar-refractivity contribution in [3.8, 4) is 0 Å². The molecule has 3 rings (SSSR count). The van der Waals surface area contributed by atoms with Crippen LogP contribution in [0.25, 0.3) is 11.0 Å². The summed E-state index contributed by atoms with van der Waals surface area (Å²) in [5.74, 6) is 0.209. The van der Waals surface area contributed by atoms with Crippen molar-refractivity contribution in [3.05, 3.63) is 71.0 Å². The Balaban J connectivity index is 1.49. The molecule has 0 aliphatic carbocycles. The molecule has 0 spiro atoms. The Labute approximate surface area is 171 Å². The molecule has 0 aliphatic rings. The molecular formula is C24H28N2O3. The second kappa shape index (κ2) is 9.41. The first-order valence-corrected chi connectivity index (χ1v) is 10.0. The zero-order valence-corrected chi connectivity index (χ0v) is 17.2. The van der Waals surface area contributed by atoms with Gasteiger partial charge in [-0.3, -0.25) is 9.59 Å². The minimum atomic E-state index is -0.116. The number of furan rings is 1. The minimum Gasteiger partial charge on any atom is -0.464 e. The average molecular weight is 392 g/mol. The number of benzene rings is 2. The quantitative estimate of drug-likeness (QED) is 0.603. The fourth-order valence-electron chi connectivity index (χ4n) is 3.44. The van der Waals surface area contributed by atoms with Crippen LogP contribution >= 0.6 is 0 Å². The van der Waals surface area contributed by atoms with Gasteiger partial charge in [0.25, 0.3) is 0 Å². The Morgan fingerprint density at radius 3 is 2.52 bits per heavy atom. The molecule has 5 nitrogen and oxygen atoms in total. The number of nitrogens with one attached hydrogen (secondary N) is 2. The first kappa shape index (κ1) is 20.6. The third-order valence-corrected chi connectivity index (χ3v) is 5.02. The summed E-state index contributed by atoms with van der Waals surface area (Å²) in [6.45, 7) is 7.19. The highest BCUT2D eigenvalue weighted by molar-refractivity contribution is 5.88. The van der Waals surface area contributed by atoms with Crippen molar-refractivity contribution in [2.75, 3.05) is 6.54 Å². The molecule has 29 heavy (non-hydrogen) atoms. The van der Waals surface area contributed by atoms with Gasteiger partial charge in [0, 0.05) is 30.5 Å². The number of aryl methyl sites for hydroxylation is 1. The highest BCUT2D eigenvalue weighted by atomic mass is 16.3. The SMILES string of the molecule is Cc1cc2occ(CC(=O)NCCC(=O)NCc3ccccc3)c2cc1C(C)C. The first-order chi connectivity index (χ1) is 13.9. The van der Waals surface area contributed by atoms with Gasteiger partial charge in [-0.05, 0) is 41.7 Å². The van der Waals surface area contributed by atoms with E-state index < -0.39 is 0 Å². The van der Waals surface area contributed by atoms with Crippen LogP contribution in [0.3, 0.4) is 0 Å². The van der Waals surface area contributed by atoms with Gasteiger partial charge in [0.2, 0.25) is 11.8 Å². The summed E-state index contributed by atoms with van der Waals surface area (Å²) in [5, 5.41) is 6.66. The number of hydrogen-bond donors (Lipinski definition) is 2. The van der Waals surface area contributed by atoms with Gasteiger partial charge in [0.05, 0.1) is 12.7 Å². The molecule has 0 aliphatic heterocycles. The Morgan fingerprint density at radius 1 is 1.03 bits per heavy atom. The molecule has 2 aromatic carbocycles. The smallest absolute Gasteiger partial charge is 0.224 e. The molecule has 2 amide bonds. The van der Waals surface area contributed by atoms with Crippen LogP contribution in [0.4, 0.5) is 0 Å². The second-order valence-electron chi connectivity index (χ2n) is 7.66. The maximum atomic E-state index is 12.3. The van der Waals surface area contributed by atoms with E-state index in [1.807, 2.05) is 36.4 Å². The van der Waals surface area contributed by atoms with E-state index in [0.717, 1.165) is 22.1 Å². The van der Waals surface area contributed by atoms with Gasteiger partial charge < -0.3 is 15.1 Å². The summed E-state index contributed by atoms with van der Waals surface area (Å²) in [7, 11) is 0. The van der Waals surface area contributed by atoms with Gasteiger partial charge in [-0.25, -0.2) is 0 Å². The van der Waals surface area contributed by atoms with E-state index >= 15 is 0 Å². The van der Waals surface area contributed by atoms with Crippen molar-refractivity contribution in [2.24, 2.45) is 0 Å². The fourth-order valence-corrected chi connectivity index (χ4v) is 3.44. The Kier molecular flexibility index (Phi) is 6.70. The van der Waals surface area contributed by atoms with E-state index in [0.29, 0.717) is 19.0 Å². The normalized spacial score (nSPS) is 11.0. The topological polar surface area (TPSA) is 71.3 Å². The molecule has 0 unspecified atom stereocenters. The average Bonchev–Trinajstić information content (AvgIpc) is 3.07. The van der Waals surface area contributed by atoms with Crippen LogP contribution < -0.4 is 10.6 Å². The summed E-state index contributed by atoms with van der Waals surface area (Å²) < 4.78 is 5.64. The molecule has 0 atom stereocenters. The van der Waals surface area contributed by atoms with Crippen LogP contribution in [-0.2, 0) is 22.6 Å². The van der Waals surface area contributed by atoms with Crippen molar-refractivity contribution < 1.29 is 14.0 Å². The molecule has 0 fully saturated rings. The number of hydrogen-bond acceptors (Lipinski definition) is 3. The number of carbonyl (C=O) groups excluding carboxylic acids is 2. The molecule has 5 heteroatoms. The number of carbonyl (C=O) groups is 2. The van der Waals surface area contributed by atoms with E-state index in [1.165, 1.54) is 11.1 Å². The third kappa shape index (κ3) is 5.47. The van der Waals surface area contributed by atoms with Crippen LogP contribution in [-0.4, -0.2) is 18.4 Å². The first-order valence-electron chi connectivity index (χ1n) is 10.0. The standard InChI is InChI=1S/C24H28N2O3/c1-16(2)20-13-21-19(15-29-22(21)11-17(20)3)12-24(28)25-10-9-23(27)26-14-18-7-5-4-6-8-18/h4-8,11,13,15-16H,9-10,12,14H2,1-3H3,(H,25,28)(H,26,27). The molecule has 0 saturated carbocycles.